The molecule has 3 rings (SSSR count). The topological polar surface area (TPSA) is 33.1 Å². The van der Waals surface area contributed by atoms with Crippen LogP contribution in [-0.4, -0.2) is 10.1 Å². The average Bonchev–Trinajstić information content (AvgIpc) is 2.72. The molecule has 0 bridgehead atoms. The molecule has 0 atom stereocenters. The van der Waals surface area contributed by atoms with Crippen molar-refractivity contribution < 1.29 is 5.11 Å². The SMILES string of the molecule is CC1(C)CCc2ccc(CCc3cncc(O)c3)cc21. The predicted molar refractivity (Wildman–Crippen MR) is 81.1 cm³/mol. The van der Waals surface area contributed by atoms with Crippen molar-refractivity contribution in [1.29, 1.82) is 0 Å². The van der Waals surface area contributed by atoms with Gasteiger partial charge in [0.25, 0.3) is 0 Å². The largest absolute Gasteiger partial charge is 0.506 e. The fourth-order valence-electron chi connectivity index (χ4n) is 3.11. The Morgan fingerprint density at radius 2 is 1.90 bits per heavy atom. The van der Waals surface area contributed by atoms with Gasteiger partial charge in [-0.25, -0.2) is 0 Å². The first-order chi connectivity index (χ1) is 9.54. The zero-order chi connectivity index (χ0) is 14.2. The summed E-state index contributed by atoms with van der Waals surface area (Å²) in [6.45, 7) is 4.67. The van der Waals surface area contributed by atoms with Gasteiger partial charge in [-0.1, -0.05) is 32.0 Å². The zero-order valence-electron chi connectivity index (χ0n) is 12.2. The van der Waals surface area contributed by atoms with E-state index in [0.717, 1.165) is 18.4 Å². The molecule has 0 saturated heterocycles. The molecule has 0 aliphatic heterocycles. The van der Waals surface area contributed by atoms with E-state index >= 15 is 0 Å². The van der Waals surface area contributed by atoms with Gasteiger partial charge in [0.05, 0.1) is 6.20 Å². The third-order valence-corrected chi connectivity index (χ3v) is 4.41. The number of nitrogens with zero attached hydrogens (tertiary/aromatic N) is 1. The smallest absolute Gasteiger partial charge is 0.134 e. The van der Waals surface area contributed by atoms with Crippen LogP contribution in [0.4, 0.5) is 0 Å². The lowest BCUT2D eigenvalue weighted by atomic mass is 9.85. The number of aromatic hydroxyl groups is 1. The molecule has 0 fully saturated rings. The summed E-state index contributed by atoms with van der Waals surface area (Å²) in [6.07, 6.45) is 7.68. The van der Waals surface area contributed by atoms with Gasteiger partial charge in [-0.15, -0.1) is 0 Å². The minimum atomic E-state index is 0.248. The second-order valence-corrected chi connectivity index (χ2v) is 6.43. The third kappa shape index (κ3) is 2.55. The van der Waals surface area contributed by atoms with Crippen molar-refractivity contribution in [2.24, 2.45) is 0 Å². The van der Waals surface area contributed by atoms with Crippen LogP contribution >= 0.6 is 0 Å². The Kier molecular flexibility index (Phi) is 3.25. The molecule has 0 amide bonds. The molecular formula is C18H21NO. The van der Waals surface area contributed by atoms with Gasteiger partial charge in [0, 0.05) is 6.20 Å². The van der Waals surface area contributed by atoms with E-state index in [1.807, 2.05) is 6.20 Å². The Morgan fingerprint density at radius 1 is 1.10 bits per heavy atom. The molecule has 0 radical (unpaired) electrons. The normalized spacial score (nSPS) is 16.1. The monoisotopic (exact) mass is 267 g/mol. The molecule has 2 aromatic rings. The lowest BCUT2D eigenvalue weighted by Gasteiger charge is -2.19. The zero-order valence-corrected chi connectivity index (χ0v) is 12.2. The van der Waals surface area contributed by atoms with E-state index in [1.165, 1.54) is 35.7 Å². The van der Waals surface area contributed by atoms with Crippen LogP contribution < -0.4 is 0 Å². The van der Waals surface area contributed by atoms with Crippen LogP contribution in [0, 0.1) is 0 Å². The molecule has 2 heteroatoms. The van der Waals surface area contributed by atoms with E-state index in [2.05, 4.69) is 37.0 Å². The second kappa shape index (κ2) is 4.93. The van der Waals surface area contributed by atoms with Gasteiger partial charge in [-0.3, -0.25) is 4.98 Å². The number of aromatic nitrogens is 1. The van der Waals surface area contributed by atoms with E-state index in [9.17, 15) is 5.11 Å². The van der Waals surface area contributed by atoms with Crippen molar-refractivity contribution in [3.05, 3.63) is 58.9 Å². The first kappa shape index (κ1) is 13.2. The summed E-state index contributed by atoms with van der Waals surface area (Å²) in [5.74, 6) is 0.248. The standard InChI is InChI=1S/C18H21NO/c1-18(2)8-7-15-6-5-13(10-17(15)18)3-4-14-9-16(20)12-19-11-14/h5-6,9-12,20H,3-4,7-8H2,1-2H3. The number of aryl methyl sites for hydroxylation is 3. The molecule has 104 valence electrons. The van der Waals surface area contributed by atoms with Crippen molar-refractivity contribution in [2.75, 3.05) is 0 Å². The minimum absolute atomic E-state index is 0.248. The summed E-state index contributed by atoms with van der Waals surface area (Å²) in [5.41, 5.74) is 5.81. The van der Waals surface area contributed by atoms with Crippen LogP contribution in [0.1, 0.15) is 42.5 Å². The van der Waals surface area contributed by atoms with Crippen molar-refractivity contribution in [2.45, 2.75) is 44.9 Å². The highest BCUT2D eigenvalue weighted by molar-refractivity contribution is 5.41. The number of rotatable bonds is 3. The Labute approximate surface area is 120 Å². The van der Waals surface area contributed by atoms with Crippen molar-refractivity contribution >= 4 is 0 Å². The molecule has 2 nitrogen and oxygen atoms in total. The fourth-order valence-corrected chi connectivity index (χ4v) is 3.11. The summed E-state index contributed by atoms with van der Waals surface area (Å²) in [4.78, 5) is 4.03. The number of hydrogen-bond acceptors (Lipinski definition) is 2. The maximum absolute atomic E-state index is 9.44. The molecule has 0 unspecified atom stereocenters. The third-order valence-electron chi connectivity index (χ3n) is 4.41. The Bertz CT molecular complexity index is 631. The lowest BCUT2D eigenvalue weighted by molar-refractivity contribution is 0.471. The van der Waals surface area contributed by atoms with Crippen LogP contribution in [0.2, 0.25) is 0 Å². The average molecular weight is 267 g/mol. The van der Waals surface area contributed by atoms with Gasteiger partial charge in [0.2, 0.25) is 0 Å². The Balaban J connectivity index is 1.76. The summed E-state index contributed by atoms with van der Waals surface area (Å²) >= 11 is 0. The molecule has 0 spiro atoms. The highest BCUT2D eigenvalue weighted by Crippen LogP contribution is 2.38. The van der Waals surface area contributed by atoms with E-state index in [1.54, 1.807) is 6.07 Å². The molecule has 0 saturated carbocycles. The Hall–Kier alpha value is -1.83. The Morgan fingerprint density at radius 3 is 2.70 bits per heavy atom. The number of benzene rings is 1. The van der Waals surface area contributed by atoms with Gasteiger partial charge in [-0.05, 0) is 59.4 Å². The quantitative estimate of drug-likeness (QED) is 0.917. The molecule has 1 heterocycles. The number of pyridine rings is 1. The predicted octanol–water partition coefficient (Wildman–Crippen LogP) is 3.80. The summed E-state index contributed by atoms with van der Waals surface area (Å²) in [7, 11) is 0. The van der Waals surface area contributed by atoms with Crippen molar-refractivity contribution in [1.82, 2.24) is 4.98 Å². The molecule has 20 heavy (non-hydrogen) atoms. The first-order valence-electron chi connectivity index (χ1n) is 7.30. The van der Waals surface area contributed by atoms with E-state index < -0.39 is 0 Å². The highest BCUT2D eigenvalue weighted by atomic mass is 16.3. The maximum atomic E-state index is 9.44. The molecule has 1 aliphatic rings. The number of hydrogen-bond donors (Lipinski definition) is 1. The first-order valence-corrected chi connectivity index (χ1v) is 7.30. The molecule has 1 aliphatic carbocycles. The van der Waals surface area contributed by atoms with E-state index in [0.29, 0.717) is 5.41 Å². The second-order valence-electron chi connectivity index (χ2n) is 6.43. The van der Waals surface area contributed by atoms with Gasteiger partial charge in [-0.2, -0.15) is 0 Å². The van der Waals surface area contributed by atoms with Gasteiger partial charge >= 0.3 is 0 Å². The maximum Gasteiger partial charge on any atom is 0.134 e. The van der Waals surface area contributed by atoms with Gasteiger partial charge < -0.3 is 5.11 Å². The van der Waals surface area contributed by atoms with Crippen LogP contribution in [0.25, 0.3) is 0 Å². The summed E-state index contributed by atoms with van der Waals surface area (Å²) < 4.78 is 0. The van der Waals surface area contributed by atoms with Gasteiger partial charge in [0.15, 0.2) is 0 Å². The van der Waals surface area contributed by atoms with Crippen LogP contribution in [0.3, 0.4) is 0 Å². The fraction of sp³-hybridized carbons (Fsp3) is 0.389. The molecule has 1 aromatic heterocycles. The van der Waals surface area contributed by atoms with Crippen LogP contribution in [0.15, 0.2) is 36.7 Å². The van der Waals surface area contributed by atoms with Crippen LogP contribution in [0.5, 0.6) is 5.75 Å². The summed E-state index contributed by atoms with van der Waals surface area (Å²) in [5, 5.41) is 9.44. The van der Waals surface area contributed by atoms with Crippen molar-refractivity contribution in [3.63, 3.8) is 0 Å². The molecule has 1 N–H and O–H groups in total. The van der Waals surface area contributed by atoms with E-state index in [-0.39, 0.29) is 5.75 Å². The highest BCUT2D eigenvalue weighted by Gasteiger charge is 2.29. The van der Waals surface area contributed by atoms with Gasteiger partial charge in [0.1, 0.15) is 5.75 Å². The van der Waals surface area contributed by atoms with Crippen LogP contribution in [-0.2, 0) is 24.7 Å². The van der Waals surface area contributed by atoms with Crippen molar-refractivity contribution in [3.8, 4) is 5.75 Å². The lowest BCUT2D eigenvalue weighted by Crippen LogP contribution is -2.12. The number of fused-ring (bicyclic) bond motifs is 1. The van der Waals surface area contributed by atoms with E-state index in [4.69, 9.17) is 0 Å². The molecule has 1 aromatic carbocycles. The molecular weight excluding hydrogens is 246 g/mol. The summed E-state index contributed by atoms with van der Waals surface area (Å²) in [6, 6.07) is 8.71. The minimum Gasteiger partial charge on any atom is -0.506 e.